The topological polar surface area (TPSA) is 67.6 Å². The number of halogens is 1. The Morgan fingerprint density at radius 3 is 2.76 bits per heavy atom. The Morgan fingerprint density at radius 1 is 1.24 bits per heavy atom. The number of nitrogens with zero attached hydrogens (tertiary/aromatic N) is 3. The number of benzene rings is 2. The van der Waals surface area contributed by atoms with Crippen molar-refractivity contribution in [1.82, 2.24) is 14.7 Å². The van der Waals surface area contributed by atoms with Crippen LogP contribution < -0.4 is 4.74 Å². The summed E-state index contributed by atoms with van der Waals surface area (Å²) in [6, 6.07) is 16.6. The number of methoxy groups -OCH3 is 1. The maximum absolute atomic E-state index is 12.9. The van der Waals surface area contributed by atoms with Gasteiger partial charge in [0.25, 0.3) is 5.91 Å². The first-order valence-electron chi connectivity index (χ1n) is 9.42. The van der Waals surface area contributed by atoms with E-state index in [9.17, 15) is 9.90 Å². The van der Waals surface area contributed by atoms with Gasteiger partial charge < -0.3 is 14.7 Å². The highest BCUT2D eigenvalue weighted by Gasteiger charge is 2.39. The van der Waals surface area contributed by atoms with Crippen molar-refractivity contribution < 1.29 is 14.6 Å². The monoisotopic (exact) mass is 411 g/mol. The van der Waals surface area contributed by atoms with Crippen LogP contribution in [0.2, 0.25) is 5.02 Å². The summed E-state index contributed by atoms with van der Waals surface area (Å²) in [7, 11) is 1.61. The number of aliphatic hydroxyl groups is 1. The van der Waals surface area contributed by atoms with Gasteiger partial charge in [0, 0.05) is 24.2 Å². The molecule has 3 aromatic rings. The third-order valence-electron chi connectivity index (χ3n) is 5.19. The van der Waals surface area contributed by atoms with Gasteiger partial charge in [0.2, 0.25) is 0 Å². The molecular formula is C22H22ClN3O3. The average Bonchev–Trinajstić information content (AvgIpc) is 3.35. The second-order valence-electron chi connectivity index (χ2n) is 7.35. The number of amides is 1. The number of hydrogen-bond donors (Lipinski definition) is 1. The van der Waals surface area contributed by atoms with Gasteiger partial charge in [0.1, 0.15) is 5.75 Å². The minimum Gasteiger partial charge on any atom is -0.497 e. The van der Waals surface area contributed by atoms with Gasteiger partial charge in [0.15, 0.2) is 5.69 Å². The number of rotatable bonds is 5. The summed E-state index contributed by atoms with van der Waals surface area (Å²) in [5, 5.41) is 16.0. The fourth-order valence-electron chi connectivity index (χ4n) is 3.68. The second-order valence-corrected chi connectivity index (χ2v) is 7.79. The van der Waals surface area contributed by atoms with E-state index in [4.69, 9.17) is 16.3 Å². The van der Waals surface area contributed by atoms with Crippen LogP contribution in [0.3, 0.4) is 0 Å². The molecule has 1 atom stereocenters. The van der Waals surface area contributed by atoms with Crippen molar-refractivity contribution in [3.8, 4) is 11.4 Å². The zero-order valence-electron chi connectivity index (χ0n) is 16.1. The largest absolute Gasteiger partial charge is 0.497 e. The molecule has 1 aromatic heterocycles. The Hall–Kier alpha value is -2.83. The second kappa shape index (κ2) is 7.89. The van der Waals surface area contributed by atoms with Crippen molar-refractivity contribution >= 4 is 17.5 Å². The molecule has 1 saturated heterocycles. The lowest BCUT2D eigenvalue weighted by Gasteiger charge is -2.23. The Kier molecular flexibility index (Phi) is 5.30. The highest BCUT2D eigenvalue weighted by atomic mass is 35.5. The van der Waals surface area contributed by atoms with Crippen molar-refractivity contribution in [1.29, 1.82) is 0 Å². The van der Waals surface area contributed by atoms with Crippen molar-refractivity contribution in [3.63, 3.8) is 0 Å². The number of aromatic nitrogens is 2. The summed E-state index contributed by atoms with van der Waals surface area (Å²) in [6.07, 6.45) is 2.73. The normalized spacial score (nSPS) is 18.8. The maximum Gasteiger partial charge on any atom is 0.274 e. The Labute approximate surface area is 174 Å². The van der Waals surface area contributed by atoms with Crippen LogP contribution in [-0.2, 0) is 6.42 Å². The number of carbonyl (C=O) groups is 1. The first-order valence-corrected chi connectivity index (χ1v) is 9.80. The van der Waals surface area contributed by atoms with E-state index in [1.807, 2.05) is 42.5 Å². The minimum atomic E-state index is -0.959. The van der Waals surface area contributed by atoms with Crippen LogP contribution in [0.25, 0.3) is 5.69 Å². The first kappa shape index (κ1) is 19.5. The smallest absolute Gasteiger partial charge is 0.274 e. The fourth-order valence-corrected chi connectivity index (χ4v) is 3.89. The van der Waals surface area contributed by atoms with Crippen molar-refractivity contribution in [2.45, 2.75) is 18.4 Å². The molecule has 7 heteroatoms. The molecule has 1 unspecified atom stereocenters. The minimum absolute atomic E-state index is 0.181. The van der Waals surface area contributed by atoms with Crippen LogP contribution in [0.4, 0.5) is 0 Å². The molecule has 0 radical (unpaired) electrons. The van der Waals surface area contributed by atoms with Gasteiger partial charge in [0.05, 0.1) is 24.9 Å². The lowest BCUT2D eigenvalue weighted by atomic mass is 9.94. The zero-order valence-corrected chi connectivity index (χ0v) is 16.8. The van der Waals surface area contributed by atoms with E-state index < -0.39 is 5.60 Å². The standard InChI is InChI=1S/C22H22ClN3O3/c1-29-19-7-5-18(6-8-19)26-11-9-20(24-26)21(27)25-12-10-22(28,15-25)14-16-3-2-4-17(23)13-16/h2-9,11,13,28H,10,12,14-15H2,1H3. The van der Waals surface area contributed by atoms with E-state index >= 15 is 0 Å². The Bertz CT molecular complexity index is 1020. The van der Waals surface area contributed by atoms with Gasteiger partial charge in [-0.2, -0.15) is 5.10 Å². The molecule has 6 nitrogen and oxygen atoms in total. The molecule has 150 valence electrons. The van der Waals surface area contributed by atoms with Gasteiger partial charge in [-0.1, -0.05) is 23.7 Å². The van der Waals surface area contributed by atoms with E-state index in [0.29, 0.717) is 30.1 Å². The molecule has 0 bridgehead atoms. The van der Waals surface area contributed by atoms with Gasteiger partial charge in [-0.15, -0.1) is 0 Å². The number of ether oxygens (including phenoxy) is 1. The fraction of sp³-hybridized carbons (Fsp3) is 0.273. The van der Waals surface area contributed by atoms with E-state index in [0.717, 1.165) is 17.0 Å². The number of carbonyl (C=O) groups excluding carboxylic acids is 1. The van der Waals surface area contributed by atoms with Gasteiger partial charge >= 0.3 is 0 Å². The molecule has 0 saturated carbocycles. The lowest BCUT2D eigenvalue weighted by molar-refractivity contribution is 0.0443. The molecule has 2 heterocycles. The highest BCUT2D eigenvalue weighted by Crippen LogP contribution is 2.27. The van der Waals surface area contributed by atoms with Gasteiger partial charge in [-0.25, -0.2) is 4.68 Å². The van der Waals surface area contributed by atoms with Crippen molar-refractivity contribution in [2.24, 2.45) is 0 Å². The Balaban J connectivity index is 1.44. The van der Waals surface area contributed by atoms with E-state index in [1.54, 1.807) is 35.0 Å². The maximum atomic E-state index is 12.9. The van der Waals surface area contributed by atoms with Crippen molar-refractivity contribution in [3.05, 3.63) is 77.1 Å². The Morgan fingerprint density at radius 2 is 2.03 bits per heavy atom. The number of likely N-dealkylation sites (tertiary alicyclic amines) is 1. The van der Waals surface area contributed by atoms with Gasteiger partial charge in [-0.3, -0.25) is 4.79 Å². The molecule has 0 aliphatic carbocycles. The average molecular weight is 412 g/mol. The molecule has 1 aliphatic rings. The predicted molar refractivity (Wildman–Crippen MR) is 111 cm³/mol. The third kappa shape index (κ3) is 4.28. The summed E-state index contributed by atoms with van der Waals surface area (Å²) in [4.78, 5) is 14.5. The van der Waals surface area contributed by atoms with E-state index in [1.165, 1.54) is 0 Å². The summed E-state index contributed by atoms with van der Waals surface area (Å²) in [6.45, 7) is 0.763. The van der Waals surface area contributed by atoms with Crippen LogP contribution in [-0.4, -0.2) is 51.5 Å². The van der Waals surface area contributed by atoms with Gasteiger partial charge in [-0.05, 0) is 54.4 Å². The summed E-state index contributed by atoms with van der Waals surface area (Å²) in [5.41, 5.74) is 1.19. The van der Waals surface area contributed by atoms with Crippen LogP contribution in [0.15, 0.2) is 60.8 Å². The quantitative estimate of drug-likeness (QED) is 0.699. The van der Waals surface area contributed by atoms with Crippen molar-refractivity contribution in [2.75, 3.05) is 20.2 Å². The molecule has 1 aliphatic heterocycles. The molecule has 1 fully saturated rings. The molecule has 29 heavy (non-hydrogen) atoms. The molecular weight excluding hydrogens is 390 g/mol. The van der Waals surface area contributed by atoms with E-state index in [-0.39, 0.29) is 12.5 Å². The van der Waals surface area contributed by atoms with Crippen LogP contribution in [0.5, 0.6) is 5.75 Å². The first-order chi connectivity index (χ1) is 14.0. The summed E-state index contributed by atoms with van der Waals surface area (Å²) < 4.78 is 6.82. The molecule has 1 N–H and O–H groups in total. The number of β-amino-alcohol motifs (C(OH)–C–C–N with tert-alkyl or cyclic N) is 1. The lowest BCUT2D eigenvalue weighted by Crippen LogP contribution is -2.37. The number of hydrogen-bond acceptors (Lipinski definition) is 4. The van der Waals surface area contributed by atoms with Crippen LogP contribution in [0, 0.1) is 0 Å². The van der Waals surface area contributed by atoms with Crippen LogP contribution >= 0.6 is 11.6 Å². The molecule has 2 aromatic carbocycles. The molecule has 0 spiro atoms. The summed E-state index contributed by atoms with van der Waals surface area (Å²) in [5.74, 6) is 0.576. The van der Waals surface area contributed by atoms with Crippen LogP contribution in [0.1, 0.15) is 22.5 Å². The predicted octanol–water partition coefficient (Wildman–Crippen LogP) is 3.35. The highest BCUT2D eigenvalue weighted by molar-refractivity contribution is 6.30. The molecule has 1 amide bonds. The SMILES string of the molecule is COc1ccc(-n2ccc(C(=O)N3CCC(O)(Cc4cccc(Cl)c4)C3)n2)cc1. The molecule has 4 rings (SSSR count). The summed E-state index contributed by atoms with van der Waals surface area (Å²) >= 11 is 6.04. The third-order valence-corrected chi connectivity index (χ3v) is 5.42. The zero-order chi connectivity index (χ0) is 20.4. The van der Waals surface area contributed by atoms with E-state index in [2.05, 4.69) is 5.10 Å².